The first-order valence-corrected chi connectivity index (χ1v) is 9.23. The molecule has 9 heteroatoms. The number of ether oxygens (including phenoxy) is 3. The van der Waals surface area contributed by atoms with Crippen molar-refractivity contribution < 1.29 is 23.8 Å². The molecule has 0 aliphatic heterocycles. The van der Waals surface area contributed by atoms with E-state index in [1.807, 2.05) is 12.1 Å². The van der Waals surface area contributed by atoms with Gasteiger partial charge in [-0.05, 0) is 46.9 Å². The molecule has 0 spiro atoms. The van der Waals surface area contributed by atoms with E-state index >= 15 is 0 Å². The molecule has 0 fully saturated rings. The quantitative estimate of drug-likeness (QED) is 0.331. The van der Waals surface area contributed by atoms with E-state index in [1.165, 1.54) is 27.5 Å². The average molecular weight is 497 g/mol. The number of methoxy groups -OCH3 is 3. The highest BCUT2D eigenvalue weighted by molar-refractivity contribution is 14.1. The first-order valence-electron chi connectivity index (χ1n) is 8.15. The van der Waals surface area contributed by atoms with Crippen LogP contribution in [0.1, 0.15) is 15.9 Å². The second kappa shape index (κ2) is 10.5. The molecule has 0 saturated heterocycles. The Bertz CT molecular complexity index is 886. The number of carbonyl (C=O) groups is 2. The monoisotopic (exact) mass is 497 g/mol. The normalized spacial score (nSPS) is 10.4. The van der Waals surface area contributed by atoms with Crippen LogP contribution in [0.15, 0.2) is 41.5 Å². The van der Waals surface area contributed by atoms with Gasteiger partial charge in [-0.3, -0.25) is 9.59 Å². The Hall–Kier alpha value is -2.82. The minimum atomic E-state index is -0.463. The molecule has 28 heavy (non-hydrogen) atoms. The molecular formula is C19H20IN3O5. The summed E-state index contributed by atoms with van der Waals surface area (Å²) in [5, 5.41) is 6.45. The number of hydrogen-bond acceptors (Lipinski definition) is 6. The van der Waals surface area contributed by atoms with E-state index in [9.17, 15) is 9.59 Å². The average Bonchev–Trinajstić information content (AvgIpc) is 2.71. The molecule has 0 heterocycles. The van der Waals surface area contributed by atoms with Crippen molar-refractivity contribution in [1.29, 1.82) is 0 Å². The van der Waals surface area contributed by atoms with E-state index in [0.717, 1.165) is 3.57 Å². The van der Waals surface area contributed by atoms with E-state index in [1.54, 1.807) is 24.3 Å². The second-order valence-electron chi connectivity index (χ2n) is 5.38. The summed E-state index contributed by atoms with van der Waals surface area (Å²) in [6.07, 6.45) is 1.42. The molecule has 2 rings (SSSR count). The zero-order chi connectivity index (χ0) is 20.5. The number of amides is 2. The summed E-state index contributed by atoms with van der Waals surface area (Å²) < 4.78 is 16.7. The first-order chi connectivity index (χ1) is 13.5. The van der Waals surface area contributed by atoms with Gasteiger partial charge >= 0.3 is 0 Å². The molecule has 148 valence electrons. The van der Waals surface area contributed by atoms with Gasteiger partial charge in [-0.25, -0.2) is 5.43 Å². The number of nitrogens with one attached hydrogen (secondary N) is 2. The van der Waals surface area contributed by atoms with Gasteiger partial charge in [-0.1, -0.05) is 12.1 Å². The Morgan fingerprint density at radius 3 is 2.39 bits per heavy atom. The van der Waals surface area contributed by atoms with Gasteiger partial charge in [0.1, 0.15) is 0 Å². The molecule has 0 atom stereocenters. The summed E-state index contributed by atoms with van der Waals surface area (Å²) in [5.41, 5.74) is 3.45. The van der Waals surface area contributed by atoms with Crippen molar-refractivity contribution in [2.45, 2.75) is 0 Å². The van der Waals surface area contributed by atoms with Crippen LogP contribution >= 0.6 is 22.6 Å². The standard InChI is InChI=1S/C19H20IN3O5/c1-26-15-9-8-12(17(27-2)18(15)28-3)10-22-23-16(24)11-21-19(25)13-6-4-5-7-14(13)20/h4-10H,11H2,1-3H3,(H,21,25)(H,23,24). The lowest BCUT2D eigenvalue weighted by Crippen LogP contribution is -2.35. The zero-order valence-corrected chi connectivity index (χ0v) is 17.8. The summed E-state index contributed by atoms with van der Waals surface area (Å²) in [6.45, 7) is -0.204. The van der Waals surface area contributed by atoms with Crippen LogP contribution in [0.4, 0.5) is 0 Å². The Balaban J connectivity index is 1.96. The Kier molecular flexibility index (Phi) is 8.05. The lowest BCUT2D eigenvalue weighted by molar-refractivity contribution is -0.120. The summed E-state index contributed by atoms with van der Waals surface area (Å²) in [6, 6.07) is 10.5. The van der Waals surface area contributed by atoms with Crippen LogP contribution in [0.5, 0.6) is 17.2 Å². The van der Waals surface area contributed by atoms with Gasteiger partial charge in [0.25, 0.3) is 11.8 Å². The number of halogens is 1. The van der Waals surface area contributed by atoms with Crippen molar-refractivity contribution >= 4 is 40.6 Å². The Labute approximate surface area is 176 Å². The van der Waals surface area contributed by atoms with Gasteiger partial charge in [0.2, 0.25) is 5.75 Å². The number of carbonyl (C=O) groups excluding carboxylic acids is 2. The molecule has 2 N–H and O–H groups in total. The Morgan fingerprint density at radius 1 is 1.04 bits per heavy atom. The van der Waals surface area contributed by atoms with Crippen molar-refractivity contribution in [3.8, 4) is 17.2 Å². The van der Waals surface area contributed by atoms with Crippen molar-refractivity contribution in [1.82, 2.24) is 10.7 Å². The first kappa shape index (κ1) is 21.5. The fourth-order valence-electron chi connectivity index (χ4n) is 2.34. The van der Waals surface area contributed by atoms with Gasteiger partial charge in [-0.15, -0.1) is 0 Å². The van der Waals surface area contributed by atoms with E-state index in [2.05, 4.69) is 38.4 Å². The molecule has 8 nitrogen and oxygen atoms in total. The smallest absolute Gasteiger partial charge is 0.259 e. The summed E-state index contributed by atoms with van der Waals surface area (Å²) >= 11 is 2.06. The highest BCUT2D eigenvalue weighted by atomic mass is 127. The summed E-state index contributed by atoms with van der Waals surface area (Å²) in [4.78, 5) is 24.0. The molecule has 0 aliphatic rings. The van der Waals surface area contributed by atoms with Crippen LogP contribution in [-0.2, 0) is 4.79 Å². The number of benzene rings is 2. The number of rotatable bonds is 8. The summed E-state index contributed by atoms with van der Waals surface area (Å²) in [5.74, 6) is 0.566. The fraction of sp³-hybridized carbons (Fsp3) is 0.211. The highest BCUT2D eigenvalue weighted by Gasteiger charge is 2.15. The predicted molar refractivity (Wildman–Crippen MR) is 113 cm³/mol. The number of hydrazone groups is 1. The Morgan fingerprint density at radius 2 is 1.75 bits per heavy atom. The topological polar surface area (TPSA) is 98.2 Å². The van der Waals surface area contributed by atoms with Gasteiger partial charge < -0.3 is 19.5 Å². The molecule has 2 amide bonds. The molecule has 2 aromatic carbocycles. The maximum Gasteiger partial charge on any atom is 0.259 e. The SMILES string of the molecule is COc1ccc(C=NNC(=O)CNC(=O)c2ccccc2I)c(OC)c1OC. The minimum absolute atomic E-state index is 0.204. The van der Waals surface area contributed by atoms with Gasteiger partial charge in [-0.2, -0.15) is 5.10 Å². The van der Waals surface area contributed by atoms with Crippen LogP contribution in [0.2, 0.25) is 0 Å². The molecule has 0 bridgehead atoms. The predicted octanol–water partition coefficient (Wildman–Crippen LogP) is 2.20. The third kappa shape index (κ3) is 5.35. The van der Waals surface area contributed by atoms with E-state index in [0.29, 0.717) is 28.4 Å². The van der Waals surface area contributed by atoms with Gasteiger partial charge in [0.05, 0.1) is 39.7 Å². The maximum atomic E-state index is 12.1. The lowest BCUT2D eigenvalue weighted by atomic mass is 10.2. The molecule has 0 radical (unpaired) electrons. The van der Waals surface area contributed by atoms with Crippen molar-refractivity contribution in [2.75, 3.05) is 27.9 Å². The van der Waals surface area contributed by atoms with E-state index < -0.39 is 5.91 Å². The van der Waals surface area contributed by atoms with Crippen LogP contribution in [0.25, 0.3) is 0 Å². The molecule has 2 aromatic rings. The van der Waals surface area contributed by atoms with Crippen molar-refractivity contribution in [3.63, 3.8) is 0 Å². The van der Waals surface area contributed by atoms with Crippen molar-refractivity contribution in [3.05, 3.63) is 51.1 Å². The lowest BCUT2D eigenvalue weighted by Gasteiger charge is -2.13. The molecule has 0 unspecified atom stereocenters. The van der Waals surface area contributed by atoms with Gasteiger partial charge in [0, 0.05) is 9.13 Å². The van der Waals surface area contributed by atoms with E-state index in [-0.39, 0.29) is 12.5 Å². The fourth-order valence-corrected chi connectivity index (χ4v) is 2.97. The van der Waals surface area contributed by atoms with Crippen LogP contribution in [0, 0.1) is 3.57 Å². The molecule has 0 aromatic heterocycles. The molecule has 0 aliphatic carbocycles. The van der Waals surface area contributed by atoms with Crippen LogP contribution in [-0.4, -0.2) is 45.9 Å². The second-order valence-corrected chi connectivity index (χ2v) is 6.54. The zero-order valence-electron chi connectivity index (χ0n) is 15.6. The molecule has 0 saturated carbocycles. The number of hydrogen-bond donors (Lipinski definition) is 2. The number of nitrogens with zero attached hydrogens (tertiary/aromatic N) is 1. The largest absolute Gasteiger partial charge is 0.493 e. The van der Waals surface area contributed by atoms with E-state index in [4.69, 9.17) is 14.2 Å². The maximum absolute atomic E-state index is 12.1. The van der Waals surface area contributed by atoms with Gasteiger partial charge in [0.15, 0.2) is 11.5 Å². The van der Waals surface area contributed by atoms with Crippen LogP contribution in [0.3, 0.4) is 0 Å². The summed E-state index contributed by atoms with van der Waals surface area (Å²) in [7, 11) is 4.52. The highest BCUT2D eigenvalue weighted by Crippen LogP contribution is 2.38. The third-order valence-corrected chi connectivity index (χ3v) is 4.60. The minimum Gasteiger partial charge on any atom is -0.493 e. The molecular weight excluding hydrogens is 477 g/mol. The van der Waals surface area contributed by atoms with Crippen molar-refractivity contribution in [2.24, 2.45) is 5.10 Å². The third-order valence-electron chi connectivity index (χ3n) is 3.66. The van der Waals surface area contributed by atoms with Crippen LogP contribution < -0.4 is 25.0 Å².